The van der Waals surface area contributed by atoms with Crippen molar-refractivity contribution in [1.29, 1.82) is 0 Å². The van der Waals surface area contributed by atoms with E-state index in [4.69, 9.17) is 11.6 Å². The summed E-state index contributed by atoms with van der Waals surface area (Å²) in [5.74, 6) is 0.673. The van der Waals surface area contributed by atoms with E-state index < -0.39 is 0 Å². The zero-order chi connectivity index (χ0) is 18.5. The summed E-state index contributed by atoms with van der Waals surface area (Å²) in [6, 6.07) is 15.5. The Balaban J connectivity index is 1.92. The minimum absolute atomic E-state index is 0.0963. The lowest BCUT2D eigenvalue weighted by Gasteiger charge is -2.10. The molecule has 2 N–H and O–H groups in total. The van der Waals surface area contributed by atoms with Gasteiger partial charge in [0.2, 0.25) is 0 Å². The monoisotopic (exact) mass is 386 g/mol. The fraction of sp³-hybridized carbons (Fsp3) is 0.200. The molecule has 2 aromatic carbocycles. The van der Waals surface area contributed by atoms with Crippen LogP contribution in [0.15, 0.2) is 58.5 Å². The molecule has 0 bridgehead atoms. The molecule has 0 amide bonds. The lowest BCUT2D eigenvalue weighted by atomic mass is 10.0. The molecule has 0 aliphatic carbocycles. The van der Waals surface area contributed by atoms with Crippen molar-refractivity contribution in [3.05, 3.63) is 80.6 Å². The molecule has 0 aliphatic rings. The Hall–Kier alpha value is -2.08. The number of benzene rings is 2. The van der Waals surface area contributed by atoms with E-state index >= 15 is 0 Å². The van der Waals surface area contributed by atoms with Crippen LogP contribution in [0.25, 0.3) is 11.3 Å². The van der Waals surface area contributed by atoms with Gasteiger partial charge >= 0.3 is 0 Å². The summed E-state index contributed by atoms with van der Waals surface area (Å²) in [6.07, 6.45) is 0.272. The number of rotatable bonds is 6. The maximum absolute atomic E-state index is 12.5. The van der Waals surface area contributed by atoms with Gasteiger partial charge < -0.3 is 10.1 Å². The first kappa shape index (κ1) is 18.7. The maximum Gasteiger partial charge on any atom is 0.255 e. The molecule has 26 heavy (non-hydrogen) atoms. The molecule has 0 unspecified atom stereocenters. The number of aromatic nitrogens is 2. The van der Waals surface area contributed by atoms with E-state index in [2.05, 4.69) is 9.97 Å². The molecule has 4 nitrogen and oxygen atoms in total. The Morgan fingerprint density at radius 1 is 1.12 bits per heavy atom. The second kappa shape index (κ2) is 8.54. The zero-order valence-corrected chi connectivity index (χ0v) is 15.9. The predicted molar refractivity (Wildman–Crippen MR) is 107 cm³/mol. The molecule has 0 spiro atoms. The molecule has 134 valence electrons. The summed E-state index contributed by atoms with van der Waals surface area (Å²) in [7, 11) is 0. The molecule has 3 rings (SSSR count). The summed E-state index contributed by atoms with van der Waals surface area (Å²) >= 11 is 7.37. The van der Waals surface area contributed by atoms with Gasteiger partial charge in [-0.05, 0) is 24.6 Å². The number of aliphatic hydroxyl groups excluding tert-OH is 1. The molecule has 0 fully saturated rings. The van der Waals surface area contributed by atoms with Gasteiger partial charge in [0.25, 0.3) is 5.56 Å². The number of nitrogens with one attached hydrogen (secondary N) is 1. The predicted octanol–water partition coefficient (Wildman–Crippen LogP) is 4.23. The highest BCUT2D eigenvalue weighted by atomic mass is 35.5. The summed E-state index contributed by atoms with van der Waals surface area (Å²) in [5.41, 5.74) is 4.04. The van der Waals surface area contributed by atoms with Gasteiger partial charge in [0.05, 0.1) is 5.69 Å². The lowest BCUT2D eigenvalue weighted by Crippen LogP contribution is -2.18. The minimum atomic E-state index is -0.205. The number of nitrogens with zero attached hydrogens (tertiary/aromatic N) is 1. The average Bonchev–Trinajstić information content (AvgIpc) is 2.64. The SMILES string of the molecule is Cc1ccc(-c2nc(SCc3ccc(Cl)cc3)[nH]c(=O)c2CCO)cc1. The van der Waals surface area contributed by atoms with Crippen molar-refractivity contribution in [2.45, 2.75) is 24.3 Å². The third-order valence-electron chi connectivity index (χ3n) is 3.97. The minimum Gasteiger partial charge on any atom is -0.396 e. The van der Waals surface area contributed by atoms with E-state index in [1.807, 2.05) is 55.5 Å². The second-order valence-electron chi connectivity index (χ2n) is 5.95. The van der Waals surface area contributed by atoms with Crippen LogP contribution in [0.2, 0.25) is 5.02 Å². The van der Waals surface area contributed by atoms with Crippen LogP contribution in [0, 0.1) is 6.92 Å². The topological polar surface area (TPSA) is 66.0 Å². The van der Waals surface area contributed by atoms with Gasteiger partial charge in [-0.25, -0.2) is 4.98 Å². The number of aryl methyl sites for hydroxylation is 1. The van der Waals surface area contributed by atoms with Crippen molar-refractivity contribution in [2.75, 3.05) is 6.61 Å². The van der Waals surface area contributed by atoms with Gasteiger partial charge in [0.1, 0.15) is 0 Å². The fourth-order valence-electron chi connectivity index (χ4n) is 2.57. The van der Waals surface area contributed by atoms with Crippen LogP contribution in [-0.4, -0.2) is 21.7 Å². The fourth-order valence-corrected chi connectivity index (χ4v) is 3.51. The van der Waals surface area contributed by atoms with E-state index in [1.165, 1.54) is 11.8 Å². The van der Waals surface area contributed by atoms with Crippen LogP contribution in [0.3, 0.4) is 0 Å². The van der Waals surface area contributed by atoms with E-state index in [1.54, 1.807) is 0 Å². The zero-order valence-electron chi connectivity index (χ0n) is 14.3. The Kier molecular flexibility index (Phi) is 6.14. The first-order valence-electron chi connectivity index (χ1n) is 8.25. The van der Waals surface area contributed by atoms with E-state index in [0.29, 0.717) is 27.2 Å². The first-order valence-corrected chi connectivity index (χ1v) is 9.61. The van der Waals surface area contributed by atoms with Crippen molar-refractivity contribution >= 4 is 23.4 Å². The molecule has 0 aliphatic heterocycles. The molecule has 0 saturated heterocycles. The van der Waals surface area contributed by atoms with Gasteiger partial charge in [-0.3, -0.25) is 4.79 Å². The highest BCUT2D eigenvalue weighted by Gasteiger charge is 2.13. The summed E-state index contributed by atoms with van der Waals surface area (Å²) in [4.78, 5) is 20.0. The Morgan fingerprint density at radius 2 is 1.81 bits per heavy atom. The van der Waals surface area contributed by atoms with Gasteiger partial charge in [0.15, 0.2) is 5.16 Å². The Labute approximate surface area is 161 Å². The molecule has 0 atom stereocenters. The van der Waals surface area contributed by atoms with Gasteiger partial charge in [0, 0.05) is 34.9 Å². The Morgan fingerprint density at radius 3 is 2.46 bits per heavy atom. The molecular formula is C20H19ClN2O2S. The number of thioether (sulfide) groups is 1. The van der Waals surface area contributed by atoms with Crippen LogP contribution in [0.5, 0.6) is 0 Å². The molecular weight excluding hydrogens is 368 g/mol. The van der Waals surface area contributed by atoms with Gasteiger partial charge in [-0.15, -0.1) is 0 Å². The maximum atomic E-state index is 12.5. The number of hydrogen-bond acceptors (Lipinski definition) is 4. The molecule has 3 aromatic rings. The van der Waals surface area contributed by atoms with Crippen molar-refractivity contribution < 1.29 is 5.11 Å². The second-order valence-corrected chi connectivity index (χ2v) is 7.35. The van der Waals surface area contributed by atoms with Crippen molar-refractivity contribution in [3.63, 3.8) is 0 Å². The van der Waals surface area contributed by atoms with Crippen LogP contribution in [-0.2, 0) is 12.2 Å². The number of aromatic amines is 1. The van der Waals surface area contributed by atoms with Crippen LogP contribution in [0.4, 0.5) is 0 Å². The number of halogens is 1. The third kappa shape index (κ3) is 4.55. The van der Waals surface area contributed by atoms with E-state index in [9.17, 15) is 9.90 Å². The first-order chi connectivity index (χ1) is 12.6. The summed E-state index contributed by atoms with van der Waals surface area (Å²) in [6.45, 7) is 1.91. The van der Waals surface area contributed by atoms with Gasteiger partial charge in [-0.2, -0.15) is 0 Å². The standard InChI is InChI=1S/C20H19ClN2O2S/c1-13-2-6-15(7-3-13)18-17(10-11-24)19(25)23-20(22-18)26-12-14-4-8-16(21)9-5-14/h2-9,24H,10-12H2,1H3,(H,22,23,25). The number of aliphatic hydroxyl groups is 1. The number of H-pyrrole nitrogens is 1. The smallest absolute Gasteiger partial charge is 0.255 e. The third-order valence-corrected chi connectivity index (χ3v) is 5.17. The normalized spacial score (nSPS) is 10.9. The van der Waals surface area contributed by atoms with E-state index in [-0.39, 0.29) is 18.6 Å². The van der Waals surface area contributed by atoms with Crippen molar-refractivity contribution in [3.8, 4) is 11.3 Å². The Bertz CT molecular complexity index is 938. The molecule has 0 saturated carbocycles. The summed E-state index contributed by atoms with van der Waals surface area (Å²) < 4.78 is 0. The van der Waals surface area contributed by atoms with Crippen molar-refractivity contribution in [1.82, 2.24) is 9.97 Å². The quantitative estimate of drug-likeness (QED) is 0.491. The van der Waals surface area contributed by atoms with Crippen LogP contribution in [0.1, 0.15) is 16.7 Å². The highest BCUT2D eigenvalue weighted by Crippen LogP contribution is 2.25. The lowest BCUT2D eigenvalue weighted by molar-refractivity contribution is 0.299. The largest absolute Gasteiger partial charge is 0.396 e. The molecule has 1 aromatic heterocycles. The highest BCUT2D eigenvalue weighted by molar-refractivity contribution is 7.98. The number of hydrogen-bond donors (Lipinski definition) is 2. The summed E-state index contributed by atoms with van der Waals surface area (Å²) in [5, 5.41) is 10.6. The van der Waals surface area contributed by atoms with Crippen molar-refractivity contribution in [2.24, 2.45) is 0 Å². The molecule has 1 heterocycles. The molecule has 6 heteroatoms. The van der Waals surface area contributed by atoms with Gasteiger partial charge in [-0.1, -0.05) is 65.3 Å². The average molecular weight is 387 g/mol. The van der Waals surface area contributed by atoms with Crippen LogP contribution >= 0.6 is 23.4 Å². The molecule has 0 radical (unpaired) electrons. The van der Waals surface area contributed by atoms with Crippen LogP contribution < -0.4 is 5.56 Å². The van der Waals surface area contributed by atoms with E-state index in [0.717, 1.165) is 16.7 Å².